The van der Waals surface area contributed by atoms with Crippen molar-refractivity contribution in [3.63, 3.8) is 0 Å². The van der Waals surface area contributed by atoms with Crippen molar-refractivity contribution in [1.82, 2.24) is 14.8 Å². The minimum atomic E-state index is -0.754. The Morgan fingerprint density at radius 1 is 1.12 bits per heavy atom. The molecule has 0 unspecified atom stereocenters. The zero-order chi connectivity index (χ0) is 23.9. The number of carbonyl (C=O) groups excluding carboxylic acids is 2. The number of hydrogen-bond acceptors (Lipinski definition) is 4. The molecular weight excluding hydrogens is 496 g/mol. The van der Waals surface area contributed by atoms with Crippen molar-refractivity contribution in [3.8, 4) is 0 Å². The van der Waals surface area contributed by atoms with Gasteiger partial charge in [-0.3, -0.25) is 14.3 Å². The summed E-state index contributed by atoms with van der Waals surface area (Å²) in [5, 5.41) is 7.75. The van der Waals surface area contributed by atoms with E-state index in [1.54, 1.807) is 32.0 Å². The van der Waals surface area contributed by atoms with E-state index in [0.29, 0.717) is 28.0 Å². The SMILES string of the molecule is Cc1nn(Cc2ccc(F)cc2F)c(C)c1NC(=O)c1cc(C(N)=O)nc2ccc(Br)cc12. The minimum absolute atomic E-state index is 0.0362. The van der Waals surface area contributed by atoms with Crippen LogP contribution in [-0.2, 0) is 6.54 Å². The Kier molecular flexibility index (Phi) is 5.94. The fraction of sp³-hybridized carbons (Fsp3) is 0.130. The normalized spacial score (nSPS) is 11.1. The molecule has 2 heterocycles. The Balaban J connectivity index is 1.70. The van der Waals surface area contributed by atoms with E-state index in [-0.39, 0.29) is 23.4 Å². The number of primary amides is 1. The third kappa shape index (κ3) is 4.47. The molecule has 0 spiro atoms. The van der Waals surface area contributed by atoms with Crippen LogP contribution >= 0.6 is 15.9 Å². The summed E-state index contributed by atoms with van der Waals surface area (Å²) in [5.41, 5.74) is 7.81. The van der Waals surface area contributed by atoms with Gasteiger partial charge < -0.3 is 11.1 Å². The summed E-state index contributed by atoms with van der Waals surface area (Å²) in [6.07, 6.45) is 0. The number of amides is 2. The zero-order valence-corrected chi connectivity index (χ0v) is 19.2. The number of anilines is 1. The molecular formula is C23H18BrF2N5O2. The van der Waals surface area contributed by atoms with Gasteiger partial charge in [0, 0.05) is 21.5 Å². The van der Waals surface area contributed by atoms with Gasteiger partial charge in [-0.25, -0.2) is 13.8 Å². The Bertz CT molecular complexity index is 1430. The Hall–Kier alpha value is -3.66. The number of nitrogens with zero attached hydrogens (tertiary/aromatic N) is 3. The maximum atomic E-state index is 14.1. The van der Waals surface area contributed by atoms with Crippen LogP contribution in [0.5, 0.6) is 0 Å². The third-order valence-electron chi connectivity index (χ3n) is 5.22. The number of nitrogens with one attached hydrogen (secondary N) is 1. The van der Waals surface area contributed by atoms with Gasteiger partial charge in [0.25, 0.3) is 11.8 Å². The molecule has 33 heavy (non-hydrogen) atoms. The van der Waals surface area contributed by atoms with E-state index in [1.807, 2.05) is 0 Å². The lowest BCUT2D eigenvalue weighted by molar-refractivity contribution is 0.0996. The van der Waals surface area contributed by atoms with Gasteiger partial charge in [0.1, 0.15) is 17.3 Å². The number of aryl methyl sites for hydroxylation is 1. The minimum Gasteiger partial charge on any atom is -0.364 e. The molecule has 0 atom stereocenters. The maximum Gasteiger partial charge on any atom is 0.267 e. The standard InChI is InChI=1S/C23H18BrF2N5O2/c1-11-21(12(2)31(30-11)10-13-3-5-15(25)8-18(13)26)29-23(33)17-9-20(22(27)32)28-19-6-4-14(24)7-16(17)19/h3-9H,10H2,1-2H3,(H2,27,32)(H,29,33). The number of benzene rings is 2. The average Bonchev–Trinajstić information content (AvgIpc) is 3.02. The van der Waals surface area contributed by atoms with Crippen molar-refractivity contribution in [3.05, 3.63) is 86.8 Å². The maximum absolute atomic E-state index is 14.1. The monoisotopic (exact) mass is 513 g/mol. The van der Waals surface area contributed by atoms with Crippen LogP contribution in [-0.4, -0.2) is 26.6 Å². The summed E-state index contributed by atoms with van der Waals surface area (Å²) in [6.45, 7) is 3.49. The molecule has 0 saturated heterocycles. The summed E-state index contributed by atoms with van der Waals surface area (Å²) < 4.78 is 29.6. The second kappa shape index (κ2) is 8.70. The predicted octanol–water partition coefficient (Wildman–Crippen LogP) is 4.49. The van der Waals surface area contributed by atoms with Crippen LogP contribution in [0.3, 0.4) is 0 Å². The molecule has 168 valence electrons. The largest absolute Gasteiger partial charge is 0.364 e. The number of halogens is 3. The number of carbonyl (C=O) groups is 2. The molecule has 4 rings (SSSR count). The molecule has 0 fully saturated rings. The number of fused-ring (bicyclic) bond motifs is 1. The lowest BCUT2D eigenvalue weighted by atomic mass is 10.1. The molecule has 2 aromatic carbocycles. The molecule has 3 N–H and O–H groups in total. The molecule has 0 saturated carbocycles. The van der Waals surface area contributed by atoms with E-state index in [2.05, 4.69) is 31.3 Å². The van der Waals surface area contributed by atoms with Crippen LogP contribution < -0.4 is 11.1 Å². The summed E-state index contributed by atoms with van der Waals surface area (Å²) in [7, 11) is 0. The lowest BCUT2D eigenvalue weighted by Crippen LogP contribution is -2.18. The summed E-state index contributed by atoms with van der Waals surface area (Å²) >= 11 is 3.38. The first-order chi connectivity index (χ1) is 15.6. The highest BCUT2D eigenvalue weighted by Gasteiger charge is 2.20. The molecule has 0 aliphatic heterocycles. The number of hydrogen-bond donors (Lipinski definition) is 2. The van der Waals surface area contributed by atoms with Gasteiger partial charge >= 0.3 is 0 Å². The molecule has 2 amide bonds. The average molecular weight is 514 g/mol. The first-order valence-electron chi connectivity index (χ1n) is 9.83. The summed E-state index contributed by atoms with van der Waals surface area (Å²) in [4.78, 5) is 29.2. The van der Waals surface area contributed by atoms with Gasteiger partial charge in [0.05, 0.1) is 34.7 Å². The summed E-state index contributed by atoms with van der Waals surface area (Å²) in [5.74, 6) is -2.58. The van der Waals surface area contributed by atoms with Gasteiger partial charge in [0.2, 0.25) is 0 Å². The van der Waals surface area contributed by atoms with Crippen molar-refractivity contribution in [1.29, 1.82) is 0 Å². The van der Waals surface area contributed by atoms with Crippen LogP contribution in [0.1, 0.15) is 37.8 Å². The van der Waals surface area contributed by atoms with Crippen molar-refractivity contribution < 1.29 is 18.4 Å². The Morgan fingerprint density at radius 2 is 1.88 bits per heavy atom. The third-order valence-corrected chi connectivity index (χ3v) is 5.72. The van der Waals surface area contributed by atoms with Gasteiger partial charge in [0.15, 0.2) is 0 Å². The second-order valence-electron chi connectivity index (χ2n) is 7.47. The number of rotatable bonds is 5. The smallest absolute Gasteiger partial charge is 0.267 e. The van der Waals surface area contributed by atoms with Crippen molar-refractivity contribution >= 4 is 44.3 Å². The number of nitrogens with two attached hydrogens (primary N) is 1. The van der Waals surface area contributed by atoms with Crippen molar-refractivity contribution in [2.24, 2.45) is 5.73 Å². The highest BCUT2D eigenvalue weighted by atomic mass is 79.9. The van der Waals surface area contributed by atoms with Gasteiger partial charge in [-0.1, -0.05) is 22.0 Å². The molecule has 4 aromatic rings. The molecule has 0 radical (unpaired) electrons. The molecule has 0 aliphatic carbocycles. The van der Waals surface area contributed by atoms with Crippen LogP contribution in [0.2, 0.25) is 0 Å². The Morgan fingerprint density at radius 3 is 2.58 bits per heavy atom. The number of aromatic nitrogens is 3. The quantitative estimate of drug-likeness (QED) is 0.410. The van der Waals surface area contributed by atoms with Gasteiger partial charge in [-0.05, 0) is 44.2 Å². The highest BCUT2D eigenvalue weighted by Crippen LogP contribution is 2.26. The van der Waals surface area contributed by atoms with E-state index >= 15 is 0 Å². The lowest BCUT2D eigenvalue weighted by Gasteiger charge is -2.11. The van der Waals surface area contributed by atoms with Gasteiger partial charge in [-0.15, -0.1) is 0 Å². The van der Waals surface area contributed by atoms with Crippen LogP contribution in [0.4, 0.5) is 14.5 Å². The van der Waals surface area contributed by atoms with Crippen LogP contribution in [0.25, 0.3) is 10.9 Å². The van der Waals surface area contributed by atoms with Crippen LogP contribution in [0, 0.1) is 25.5 Å². The Labute approximate surface area is 195 Å². The molecule has 0 bridgehead atoms. The zero-order valence-electron chi connectivity index (χ0n) is 17.6. The van der Waals surface area contributed by atoms with Crippen molar-refractivity contribution in [2.75, 3.05) is 5.32 Å². The predicted molar refractivity (Wildman–Crippen MR) is 123 cm³/mol. The van der Waals surface area contributed by atoms with E-state index in [9.17, 15) is 18.4 Å². The second-order valence-corrected chi connectivity index (χ2v) is 8.39. The van der Waals surface area contributed by atoms with Gasteiger partial charge in [-0.2, -0.15) is 5.10 Å². The molecule has 0 aliphatic rings. The van der Waals surface area contributed by atoms with E-state index < -0.39 is 23.4 Å². The summed E-state index contributed by atoms with van der Waals surface area (Å²) in [6, 6.07) is 9.83. The van der Waals surface area contributed by atoms with Crippen LogP contribution in [0.15, 0.2) is 46.9 Å². The van der Waals surface area contributed by atoms with E-state index in [1.165, 1.54) is 22.9 Å². The molecule has 7 nitrogen and oxygen atoms in total. The molecule has 2 aromatic heterocycles. The fourth-order valence-electron chi connectivity index (χ4n) is 3.54. The molecule has 10 heteroatoms. The topological polar surface area (TPSA) is 103 Å². The van der Waals surface area contributed by atoms with E-state index in [4.69, 9.17) is 5.73 Å². The first kappa shape index (κ1) is 22.5. The fourth-order valence-corrected chi connectivity index (χ4v) is 3.90. The van der Waals surface area contributed by atoms with Crippen molar-refractivity contribution in [2.45, 2.75) is 20.4 Å². The van der Waals surface area contributed by atoms with E-state index in [0.717, 1.165) is 10.5 Å². The highest BCUT2D eigenvalue weighted by molar-refractivity contribution is 9.10. The first-order valence-corrected chi connectivity index (χ1v) is 10.6. The number of pyridine rings is 1.